The molecule has 1 aliphatic carbocycles. The van der Waals surface area contributed by atoms with Crippen molar-refractivity contribution in [1.29, 1.82) is 0 Å². The summed E-state index contributed by atoms with van der Waals surface area (Å²) in [7, 11) is 0. The fourth-order valence-corrected chi connectivity index (χ4v) is 4.94. The summed E-state index contributed by atoms with van der Waals surface area (Å²) in [6.07, 6.45) is 6.10. The molecule has 5 rings (SSSR count). The normalized spacial score (nSPS) is 16.9. The van der Waals surface area contributed by atoms with Gasteiger partial charge in [0.2, 0.25) is 0 Å². The van der Waals surface area contributed by atoms with E-state index < -0.39 is 0 Å². The van der Waals surface area contributed by atoms with Gasteiger partial charge in [0.1, 0.15) is 10.8 Å². The lowest BCUT2D eigenvalue weighted by atomic mass is 9.77. The standard InChI is InChI=1S/C20H21Cl2N5.2ClH/c21-14-3-1-2-13(10-14)11-24-18-15-4-5-20(6-8-23-9-7-20)17(15)26-19-16(22)12-25-27(18)19;;/h1-3,10,12,23-24H,4-9,11H2;2*1H. The number of hydrogen-bond acceptors (Lipinski definition) is 4. The highest BCUT2D eigenvalue weighted by molar-refractivity contribution is 6.33. The number of benzene rings is 1. The van der Waals surface area contributed by atoms with Crippen molar-refractivity contribution in [3.05, 3.63) is 57.3 Å². The molecule has 0 saturated carbocycles. The Labute approximate surface area is 192 Å². The van der Waals surface area contributed by atoms with Crippen LogP contribution in [0.1, 0.15) is 36.1 Å². The van der Waals surface area contributed by atoms with Crippen molar-refractivity contribution < 1.29 is 0 Å². The van der Waals surface area contributed by atoms with E-state index in [-0.39, 0.29) is 30.2 Å². The molecule has 0 unspecified atom stereocenters. The molecule has 9 heteroatoms. The van der Waals surface area contributed by atoms with Crippen molar-refractivity contribution in [3.63, 3.8) is 0 Å². The van der Waals surface area contributed by atoms with E-state index in [0.29, 0.717) is 11.6 Å². The lowest BCUT2D eigenvalue weighted by Crippen LogP contribution is -2.39. The second kappa shape index (κ2) is 8.86. The molecule has 3 heterocycles. The first kappa shape index (κ1) is 22.4. The third-order valence-electron chi connectivity index (χ3n) is 5.97. The average Bonchev–Trinajstić information content (AvgIpc) is 3.22. The second-order valence-corrected chi connectivity index (χ2v) is 8.37. The molecule has 29 heavy (non-hydrogen) atoms. The van der Waals surface area contributed by atoms with Crippen molar-refractivity contribution in [1.82, 2.24) is 19.9 Å². The molecule has 1 spiro atoms. The summed E-state index contributed by atoms with van der Waals surface area (Å²) in [4.78, 5) is 5.00. The number of halogens is 4. The largest absolute Gasteiger partial charge is 0.366 e. The predicted molar refractivity (Wildman–Crippen MR) is 123 cm³/mol. The van der Waals surface area contributed by atoms with Gasteiger partial charge in [-0.2, -0.15) is 9.61 Å². The Morgan fingerprint density at radius 1 is 1.14 bits per heavy atom. The molecule has 0 atom stereocenters. The summed E-state index contributed by atoms with van der Waals surface area (Å²) in [5.74, 6) is 1.01. The Bertz CT molecular complexity index is 1010. The molecule has 0 amide bonds. The Kier molecular flexibility index (Phi) is 6.86. The summed E-state index contributed by atoms with van der Waals surface area (Å²) in [6.45, 7) is 2.77. The van der Waals surface area contributed by atoms with E-state index >= 15 is 0 Å². The van der Waals surface area contributed by atoms with E-state index in [9.17, 15) is 0 Å². The van der Waals surface area contributed by atoms with Crippen LogP contribution in [0.25, 0.3) is 5.65 Å². The van der Waals surface area contributed by atoms with Crippen molar-refractivity contribution >= 4 is 59.5 Å². The van der Waals surface area contributed by atoms with Gasteiger partial charge in [0, 0.05) is 22.5 Å². The molecule has 1 fully saturated rings. The molecule has 0 radical (unpaired) electrons. The maximum Gasteiger partial charge on any atom is 0.176 e. The number of fused-ring (bicyclic) bond motifs is 3. The van der Waals surface area contributed by atoms with Gasteiger partial charge in [0.25, 0.3) is 0 Å². The smallest absolute Gasteiger partial charge is 0.176 e. The van der Waals surface area contributed by atoms with Crippen LogP contribution in [0.5, 0.6) is 0 Å². The molecule has 1 aliphatic heterocycles. The quantitative estimate of drug-likeness (QED) is 0.557. The minimum absolute atomic E-state index is 0. The highest BCUT2D eigenvalue weighted by Crippen LogP contribution is 2.46. The van der Waals surface area contributed by atoms with Crippen LogP contribution in [0, 0.1) is 0 Å². The zero-order chi connectivity index (χ0) is 18.4. The van der Waals surface area contributed by atoms with Crippen molar-refractivity contribution in [2.45, 2.75) is 37.6 Å². The Hall–Kier alpha value is -1.24. The molecule has 156 valence electrons. The first-order valence-electron chi connectivity index (χ1n) is 9.42. The van der Waals surface area contributed by atoms with E-state index in [4.69, 9.17) is 28.2 Å². The highest BCUT2D eigenvalue weighted by atomic mass is 35.5. The number of aromatic nitrogens is 3. The minimum Gasteiger partial charge on any atom is -0.366 e. The number of nitrogens with zero attached hydrogens (tertiary/aromatic N) is 3. The van der Waals surface area contributed by atoms with Crippen LogP contribution in [0.4, 0.5) is 5.82 Å². The summed E-state index contributed by atoms with van der Waals surface area (Å²) >= 11 is 12.5. The summed E-state index contributed by atoms with van der Waals surface area (Å²) in [6, 6.07) is 7.92. The second-order valence-electron chi connectivity index (χ2n) is 7.53. The van der Waals surface area contributed by atoms with Crippen LogP contribution >= 0.6 is 48.0 Å². The summed E-state index contributed by atoms with van der Waals surface area (Å²) in [5, 5.41) is 12.9. The van der Waals surface area contributed by atoms with Gasteiger partial charge in [-0.05, 0) is 56.5 Å². The average molecular weight is 475 g/mol. The zero-order valence-electron chi connectivity index (χ0n) is 15.8. The Balaban J connectivity index is 0.00000120. The minimum atomic E-state index is 0. The van der Waals surface area contributed by atoms with Crippen LogP contribution in [0.15, 0.2) is 30.5 Å². The fraction of sp³-hybridized carbons (Fsp3) is 0.400. The number of piperidine rings is 1. The third kappa shape index (κ3) is 3.91. The van der Waals surface area contributed by atoms with Gasteiger partial charge >= 0.3 is 0 Å². The van der Waals surface area contributed by atoms with Crippen molar-refractivity contribution in [2.75, 3.05) is 18.4 Å². The van der Waals surface area contributed by atoms with E-state index in [0.717, 1.165) is 60.8 Å². The molecule has 5 nitrogen and oxygen atoms in total. The molecule has 3 aromatic rings. The van der Waals surface area contributed by atoms with Crippen LogP contribution < -0.4 is 10.6 Å². The maximum absolute atomic E-state index is 6.41. The number of nitrogens with one attached hydrogen (secondary N) is 2. The van der Waals surface area contributed by atoms with E-state index in [1.807, 2.05) is 22.7 Å². The monoisotopic (exact) mass is 473 g/mol. The molecule has 1 saturated heterocycles. The molecule has 1 aromatic carbocycles. The Morgan fingerprint density at radius 3 is 2.69 bits per heavy atom. The molecule has 2 aliphatic rings. The van der Waals surface area contributed by atoms with Gasteiger partial charge in [0.05, 0.1) is 11.9 Å². The molecule has 2 N–H and O–H groups in total. The predicted octanol–water partition coefficient (Wildman–Crippen LogP) is 5.06. The lowest BCUT2D eigenvalue weighted by molar-refractivity contribution is 0.301. The van der Waals surface area contributed by atoms with Crippen molar-refractivity contribution in [3.8, 4) is 0 Å². The van der Waals surface area contributed by atoms with E-state index in [2.05, 4.69) is 21.8 Å². The van der Waals surface area contributed by atoms with Gasteiger partial charge in [-0.3, -0.25) is 0 Å². The van der Waals surface area contributed by atoms with Gasteiger partial charge in [0.15, 0.2) is 5.65 Å². The first-order chi connectivity index (χ1) is 13.2. The zero-order valence-corrected chi connectivity index (χ0v) is 18.9. The molecular formula is C20H23Cl4N5. The molecule has 2 aromatic heterocycles. The topological polar surface area (TPSA) is 54.2 Å². The lowest BCUT2D eigenvalue weighted by Gasteiger charge is -2.34. The fourth-order valence-electron chi connectivity index (χ4n) is 4.56. The SMILES string of the molecule is Cl.Cl.Clc1cccc(CNc2c3c(nc4c(Cl)cnn24)C2(CCNCC2)CC3)c1. The number of rotatable bonds is 3. The highest BCUT2D eigenvalue weighted by Gasteiger charge is 2.43. The van der Waals surface area contributed by atoms with E-state index in [1.54, 1.807) is 6.20 Å². The molecule has 0 bridgehead atoms. The first-order valence-corrected chi connectivity index (χ1v) is 10.2. The van der Waals surface area contributed by atoms with E-state index in [1.165, 1.54) is 11.3 Å². The number of anilines is 1. The number of hydrogen-bond donors (Lipinski definition) is 2. The summed E-state index contributed by atoms with van der Waals surface area (Å²) < 4.78 is 1.85. The Morgan fingerprint density at radius 2 is 1.93 bits per heavy atom. The van der Waals surface area contributed by atoms with Crippen LogP contribution in [-0.2, 0) is 18.4 Å². The third-order valence-corrected chi connectivity index (χ3v) is 6.47. The summed E-state index contributed by atoms with van der Waals surface area (Å²) in [5.41, 5.74) is 4.54. The van der Waals surface area contributed by atoms with Gasteiger partial charge in [-0.25, -0.2) is 4.98 Å². The maximum atomic E-state index is 6.41. The van der Waals surface area contributed by atoms with Crippen LogP contribution in [0.3, 0.4) is 0 Å². The van der Waals surface area contributed by atoms with Gasteiger partial charge < -0.3 is 10.6 Å². The van der Waals surface area contributed by atoms with Gasteiger partial charge in [-0.1, -0.05) is 35.3 Å². The van der Waals surface area contributed by atoms with Crippen LogP contribution in [0.2, 0.25) is 10.0 Å². The van der Waals surface area contributed by atoms with Gasteiger partial charge in [-0.15, -0.1) is 24.8 Å². The molecular weight excluding hydrogens is 452 g/mol. The van der Waals surface area contributed by atoms with Crippen LogP contribution in [-0.4, -0.2) is 27.7 Å². The van der Waals surface area contributed by atoms with Crippen molar-refractivity contribution in [2.24, 2.45) is 0 Å².